The number of hydrogen-bond acceptors (Lipinski definition) is 5. The molecule has 1 amide bonds. The summed E-state index contributed by atoms with van der Waals surface area (Å²) in [7, 11) is 0. The molecule has 0 saturated carbocycles. The molecule has 0 saturated heterocycles. The molecule has 10 heteroatoms. The van der Waals surface area contributed by atoms with E-state index < -0.39 is 34.6 Å². The average molecular weight is 408 g/mol. The van der Waals surface area contributed by atoms with E-state index in [2.05, 4.69) is 5.32 Å². The maximum Gasteiger partial charge on any atom is 0.416 e. The van der Waals surface area contributed by atoms with Gasteiger partial charge in [-0.2, -0.15) is 13.2 Å². The van der Waals surface area contributed by atoms with Gasteiger partial charge in [-0.05, 0) is 36.8 Å². The first kappa shape index (κ1) is 21.6. The second kappa shape index (κ2) is 9.00. The lowest BCUT2D eigenvalue weighted by molar-refractivity contribution is -0.383. The lowest BCUT2D eigenvalue weighted by atomic mass is 10.1. The molecule has 2 rings (SSSR count). The van der Waals surface area contributed by atoms with Gasteiger partial charge in [0.1, 0.15) is 5.69 Å². The molecular formula is C19H15F3N2O5. The zero-order valence-corrected chi connectivity index (χ0v) is 15.0. The Morgan fingerprint density at radius 2 is 1.76 bits per heavy atom. The van der Waals surface area contributed by atoms with E-state index in [0.717, 1.165) is 18.2 Å². The third-order valence-corrected chi connectivity index (χ3v) is 3.67. The molecule has 7 nitrogen and oxygen atoms in total. The number of nitro groups is 1. The van der Waals surface area contributed by atoms with Crippen LogP contribution in [0.4, 0.5) is 24.5 Å². The van der Waals surface area contributed by atoms with Gasteiger partial charge >= 0.3 is 12.1 Å². The molecular weight excluding hydrogens is 393 g/mol. The van der Waals surface area contributed by atoms with Gasteiger partial charge in [-0.15, -0.1) is 0 Å². The summed E-state index contributed by atoms with van der Waals surface area (Å²) in [5.41, 5.74) is -0.864. The topological polar surface area (TPSA) is 98.5 Å². The highest BCUT2D eigenvalue weighted by Gasteiger charge is 2.29. The minimum Gasteiger partial charge on any atom is -0.449 e. The molecule has 0 aliphatic rings. The summed E-state index contributed by atoms with van der Waals surface area (Å²) in [5.74, 6) is -1.69. The first-order valence-electron chi connectivity index (χ1n) is 8.18. The van der Waals surface area contributed by atoms with Crippen molar-refractivity contribution in [3.8, 4) is 0 Å². The second-order valence-electron chi connectivity index (χ2n) is 5.80. The number of para-hydroxylation sites is 2. The number of alkyl halides is 3. The molecule has 1 atom stereocenters. The Morgan fingerprint density at radius 3 is 2.34 bits per heavy atom. The van der Waals surface area contributed by atoms with Crippen molar-refractivity contribution in [2.24, 2.45) is 0 Å². The van der Waals surface area contributed by atoms with Crippen LogP contribution in [0.5, 0.6) is 0 Å². The highest BCUT2D eigenvalue weighted by molar-refractivity contribution is 5.98. The van der Waals surface area contributed by atoms with Crippen molar-refractivity contribution >= 4 is 29.3 Å². The molecule has 152 valence electrons. The minimum atomic E-state index is -4.46. The summed E-state index contributed by atoms with van der Waals surface area (Å²) < 4.78 is 42.4. The van der Waals surface area contributed by atoms with E-state index in [4.69, 9.17) is 4.74 Å². The molecule has 29 heavy (non-hydrogen) atoms. The normalized spacial score (nSPS) is 12.4. The van der Waals surface area contributed by atoms with E-state index in [9.17, 15) is 32.9 Å². The quantitative estimate of drug-likeness (QED) is 0.334. The van der Waals surface area contributed by atoms with Gasteiger partial charge in [0, 0.05) is 12.1 Å². The van der Waals surface area contributed by atoms with Crippen LogP contribution in [0.15, 0.2) is 54.6 Å². The molecule has 0 heterocycles. The zero-order chi connectivity index (χ0) is 21.6. The van der Waals surface area contributed by atoms with Gasteiger partial charge in [0.25, 0.3) is 11.6 Å². The van der Waals surface area contributed by atoms with E-state index in [0.29, 0.717) is 5.56 Å². The summed E-state index contributed by atoms with van der Waals surface area (Å²) >= 11 is 0. The summed E-state index contributed by atoms with van der Waals surface area (Å²) in [4.78, 5) is 34.2. The summed E-state index contributed by atoms with van der Waals surface area (Å²) in [6.45, 7) is 1.27. The Kier molecular flexibility index (Phi) is 6.71. The van der Waals surface area contributed by atoms with Crippen LogP contribution in [0, 0.1) is 10.1 Å². The number of benzene rings is 2. The number of carbonyl (C=O) groups is 2. The fourth-order valence-electron chi connectivity index (χ4n) is 2.19. The van der Waals surface area contributed by atoms with Gasteiger partial charge in [-0.1, -0.05) is 24.3 Å². The maximum atomic E-state index is 12.5. The standard InChI is InChI=1S/C19H15F3N2O5/c1-12(18(26)23-15-4-2-3-5-16(15)24(27)28)29-17(25)11-8-13-6-9-14(10-7-13)19(20,21)22/h2-12H,1H3,(H,23,26). The van der Waals surface area contributed by atoms with Crippen molar-refractivity contribution in [2.75, 3.05) is 5.32 Å². The number of esters is 1. The Balaban J connectivity index is 1.95. The van der Waals surface area contributed by atoms with Crippen LogP contribution in [-0.2, 0) is 20.5 Å². The molecule has 1 N–H and O–H groups in total. The van der Waals surface area contributed by atoms with Crippen molar-refractivity contribution in [3.05, 3.63) is 75.8 Å². The first-order chi connectivity index (χ1) is 13.6. The maximum absolute atomic E-state index is 12.5. The first-order valence-corrected chi connectivity index (χ1v) is 8.18. The van der Waals surface area contributed by atoms with Crippen LogP contribution in [0.1, 0.15) is 18.1 Å². The number of anilines is 1. The highest BCUT2D eigenvalue weighted by Crippen LogP contribution is 2.29. The predicted octanol–water partition coefficient (Wildman–Crippen LogP) is 4.20. The molecule has 2 aromatic rings. The van der Waals surface area contributed by atoms with E-state index in [1.54, 1.807) is 0 Å². The van der Waals surface area contributed by atoms with Crippen LogP contribution in [-0.4, -0.2) is 22.9 Å². The van der Waals surface area contributed by atoms with E-state index >= 15 is 0 Å². The molecule has 2 aromatic carbocycles. The van der Waals surface area contributed by atoms with Crippen LogP contribution in [0.25, 0.3) is 6.08 Å². The Hall–Kier alpha value is -3.69. The lowest BCUT2D eigenvalue weighted by Gasteiger charge is -2.12. The van der Waals surface area contributed by atoms with Gasteiger partial charge in [0.15, 0.2) is 6.10 Å². The zero-order valence-electron chi connectivity index (χ0n) is 15.0. The summed E-state index contributed by atoms with van der Waals surface area (Å²) in [6.07, 6.45) is -3.54. The van der Waals surface area contributed by atoms with Crippen molar-refractivity contribution in [1.29, 1.82) is 0 Å². The summed E-state index contributed by atoms with van der Waals surface area (Å²) in [6, 6.07) is 9.56. The molecule has 0 spiro atoms. The minimum absolute atomic E-state index is 0.0503. The molecule has 1 unspecified atom stereocenters. The number of hydrogen-bond donors (Lipinski definition) is 1. The number of rotatable bonds is 6. The number of halogens is 3. The number of nitro benzene ring substituents is 1. The van der Waals surface area contributed by atoms with Crippen LogP contribution >= 0.6 is 0 Å². The third kappa shape index (κ3) is 6.16. The number of nitrogens with one attached hydrogen (secondary N) is 1. The Morgan fingerprint density at radius 1 is 1.14 bits per heavy atom. The second-order valence-corrected chi connectivity index (χ2v) is 5.80. The predicted molar refractivity (Wildman–Crippen MR) is 97.8 cm³/mol. The molecule has 0 aromatic heterocycles. The largest absolute Gasteiger partial charge is 0.449 e. The Bertz CT molecular complexity index is 940. The van der Waals surface area contributed by atoms with Gasteiger partial charge in [0.2, 0.25) is 0 Å². The Labute approximate surface area is 162 Å². The van der Waals surface area contributed by atoms with Crippen LogP contribution < -0.4 is 5.32 Å². The molecule has 0 aliphatic heterocycles. The van der Waals surface area contributed by atoms with Crippen LogP contribution in [0.2, 0.25) is 0 Å². The fourth-order valence-corrected chi connectivity index (χ4v) is 2.19. The van der Waals surface area contributed by atoms with Crippen molar-refractivity contribution in [3.63, 3.8) is 0 Å². The van der Waals surface area contributed by atoms with Crippen molar-refractivity contribution in [1.82, 2.24) is 0 Å². The van der Waals surface area contributed by atoms with Crippen LogP contribution in [0.3, 0.4) is 0 Å². The van der Waals surface area contributed by atoms with Crippen molar-refractivity contribution in [2.45, 2.75) is 19.2 Å². The molecule has 0 fully saturated rings. The van der Waals surface area contributed by atoms with Gasteiger partial charge in [-0.3, -0.25) is 14.9 Å². The van der Waals surface area contributed by atoms with E-state index in [1.807, 2.05) is 0 Å². The highest BCUT2D eigenvalue weighted by atomic mass is 19.4. The van der Waals surface area contributed by atoms with E-state index in [1.165, 1.54) is 49.4 Å². The molecule has 0 radical (unpaired) electrons. The summed E-state index contributed by atoms with van der Waals surface area (Å²) in [5, 5.41) is 13.2. The lowest BCUT2D eigenvalue weighted by Crippen LogP contribution is -2.29. The monoisotopic (exact) mass is 408 g/mol. The average Bonchev–Trinajstić information content (AvgIpc) is 2.66. The van der Waals surface area contributed by atoms with Crippen molar-refractivity contribution < 1.29 is 32.4 Å². The third-order valence-electron chi connectivity index (χ3n) is 3.67. The van der Waals surface area contributed by atoms with Gasteiger partial charge in [0.05, 0.1) is 10.5 Å². The smallest absolute Gasteiger partial charge is 0.416 e. The molecule has 0 bridgehead atoms. The van der Waals surface area contributed by atoms with E-state index in [-0.39, 0.29) is 11.4 Å². The number of carbonyl (C=O) groups excluding carboxylic acids is 2. The fraction of sp³-hybridized carbons (Fsp3) is 0.158. The number of nitrogens with zero attached hydrogens (tertiary/aromatic N) is 1. The SMILES string of the molecule is CC(OC(=O)C=Cc1ccc(C(F)(F)F)cc1)C(=O)Nc1ccccc1[N+](=O)[O-]. The van der Waals surface area contributed by atoms with Gasteiger partial charge in [-0.25, -0.2) is 4.79 Å². The van der Waals surface area contributed by atoms with Gasteiger partial charge < -0.3 is 10.1 Å². The molecule has 0 aliphatic carbocycles. The number of amides is 1. The number of ether oxygens (including phenoxy) is 1.